The van der Waals surface area contributed by atoms with Gasteiger partial charge in [-0.05, 0) is 155 Å². The van der Waals surface area contributed by atoms with Crippen molar-refractivity contribution in [2.24, 2.45) is 0 Å². The first-order valence-corrected chi connectivity index (χ1v) is 23.7. The average Bonchev–Trinajstić information content (AvgIpc) is 3.73. The van der Waals surface area contributed by atoms with Gasteiger partial charge in [-0.25, -0.2) is 0 Å². The molecule has 1 heteroatoms. The van der Waals surface area contributed by atoms with Crippen LogP contribution in [0.15, 0.2) is 146 Å². The van der Waals surface area contributed by atoms with E-state index in [4.69, 9.17) is 0 Å². The van der Waals surface area contributed by atoms with E-state index in [1.54, 1.807) is 0 Å². The molecule has 63 heavy (non-hydrogen) atoms. The second-order valence-corrected chi connectivity index (χ2v) is 22.3. The fourth-order valence-electron chi connectivity index (χ4n) is 12.9. The Bertz CT molecular complexity index is 2940. The Kier molecular flexibility index (Phi) is 8.71. The maximum atomic E-state index is 2.75. The van der Waals surface area contributed by atoms with Crippen molar-refractivity contribution in [3.63, 3.8) is 0 Å². The third-order valence-corrected chi connectivity index (χ3v) is 16.3. The van der Waals surface area contributed by atoms with E-state index in [2.05, 4.69) is 220 Å². The zero-order valence-electron chi connectivity index (χ0n) is 39.2. The largest absolute Gasteiger partial charge is 0.309 e. The average molecular weight is 822 g/mol. The molecule has 316 valence electrons. The molecule has 0 bridgehead atoms. The van der Waals surface area contributed by atoms with Crippen LogP contribution in [-0.4, -0.2) is 0 Å². The molecule has 0 atom stereocenters. The minimum absolute atomic E-state index is 0.00120. The highest BCUT2D eigenvalue weighted by Gasteiger charge is 2.53. The SMILES string of the molecule is CC(C)c1ccc2c(c1N(c1ccccc1)c1cc3c(cc1-c1cccc4c1C(C)(C)CCC4(C)C)-c1ccccc1C31c3ccccc3-c3ccccc31)C(C)(C)CCC2(C)C. The minimum atomic E-state index is -0.468. The Morgan fingerprint density at radius 3 is 1.41 bits per heavy atom. The molecule has 0 N–H and O–H groups in total. The van der Waals surface area contributed by atoms with Crippen LogP contribution in [0.25, 0.3) is 33.4 Å². The van der Waals surface area contributed by atoms with E-state index in [1.165, 1.54) is 113 Å². The highest BCUT2D eigenvalue weighted by atomic mass is 15.2. The Morgan fingerprint density at radius 1 is 0.381 bits per heavy atom. The van der Waals surface area contributed by atoms with Crippen molar-refractivity contribution in [3.8, 4) is 33.4 Å². The van der Waals surface area contributed by atoms with Crippen LogP contribution in [-0.2, 0) is 27.1 Å². The number of nitrogens with zero attached hydrogens (tertiary/aromatic N) is 1. The quantitative estimate of drug-likeness (QED) is 0.167. The van der Waals surface area contributed by atoms with Crippen molar-refractivity contribution >= 4 is 17.1 Å². The van der Waals surface area contributed by atoms with Gasteiger partial charge in [-0.15, -0.1) is 0 Å². The van der Waals surface area contributed by atoms with Gasteiger partial charge >= 0.3 is 0 Å². The molecule has 7 aromatic rings. The van der Waals surface area contributed by atoms with Gasteiger partial charge in [0, 0.05) is 11.3 Å². The van der Waals surface area contributed by atoms with Gasteiger partial charge in [-0.3, -0.25) is 0 Å². The van der Waals surface area contributed by atoms with E-state index in [9.17, 15) is 0 Å². The number of rotatable bonds is 5. The van der Waals surface area contributed by atoms with Crippen LogP contribution in [0.4, 0.5) is 17.1 Å². The molecule has 4 aliphatic rings. The summed E-state index contributed by atoms with van der Waals surface area (Å²) in [4.78, 5) is 2.75. The summed E-state index contributed by atoms with van der Waals surface area (Å²) in [7, 11) is 0. The van der Waals surface area contributed by atoms with Crippen LogP contribution in [0.3, 0.4) is 0 Å². The molecule has 1 nitrogen and oxygen atoms in total. The normalized spacial score (nSPS) is 18.5. The topological polar surface area (TPSA) is 3.24 Å². The van der Waals surface area contributed by atoms with Gasteiger partial charge in [-0.2, -0.15) is 0 Å². The van der Waals surface area contributed by atoms with E-state index >= 15 is 0 Å². The summed E-state index contributed by atoms with van der Waals surface area (Å²) in [6, 6.07) is 56.8. The summed E-state index contributed by atoms with van der Waals surface area (Å²) in [6.45, 7) is 24.7. The third kappa shape index (κ3) is 5.60. The van der Waals surface area contributed by atoms with E-state index in [0.29, 0.717) is 5.92 Å². The number of anilines is 3. The fourth-order valence-corrected chi connectivity index (χ4v) is 12.9. The maximum Gasteiger partial charge on any atom is 0.0726 e. The number of hydrogen-bond acceptors (Lipinski definition) is 1. The fraction of sp³-hybridized carbons (Fsp3) is 0.323. The van der Waals surface area contributed by atoms with Crippen LogP contribution in [0.5, 0.6) is 0 Å². The molecule has 7 aromatic carbocycles. The van der Waals surface area contributed by atoms with Crippen LogP contribution >= 0.6 is 0 Å². The predicted molar refractivity (Wildman–Crippen MR) is 268 cm³/mol. The summed E-state index contributed by atoms with van der Waals surface area (Å²) < 4.78 is 0. The molecule has 0 unspecified atom stereocenters. The lowest BCUT2D eigenvalue weighted by Crippen LogP contribution is -2.36. The predicted octanol–water partition coefficient (Wildman–Crippen LogP) is 17.0. The van der Waals surface area contributed by atoms with Gasteiger partial charge < -0.3 is 4.90 Å². The summed E-state index contributed by atoms with van der Waals surface area (Å²) in [5.41, 5.74) is 24.4. The highest BCUT2D eigenvalue weighted by molar-refractivity contribution is 6.01. The molecule has 0 saturated heterocycles. The molecular weight excluding hydrogens is 759 g/mol. The molecule has 1 spiro atoms. The van der Waals surface area contributed by atoms with E-state index in [-0.39, 0.29) is 21.7 Å². The zero-order valence-corrected chi connectivity index (χ0v) is 39.2. The molecule has 0 amide bonds. The summed E-state index contributed by atoms with van der Waals surface area (Å²) >= 11 is 0. The first-order chi connectivity index (χ1) is 30.1. The lowest BCUT2D eigenvalue weighted by Gasteiger charge is -2.46. The number of benzene rings is 7. The molecule has 0 saturated carbocycles. The van der Waals surface area contributed by atoms with Gasteiger partial charge in [0.05, 0.1) is 16.8 Å². The third-order valence-electron chi connectivity index (χ3n) is 16.3. The minimum Gasteiger partial charge on any atom is -0.309 e. The number of hydrogen-bond donors (Lipinski definition) is 0. The van der Waals surface area contributed by atoms with Crippen molar-refractivity contribution in [2.45, 2.75) is 128 Å². The van der Waals surface area contributed by atoms with Gasteiger partial charge in [-0.1, -0.05) is 191 Å². The molecule has 0 radical (unpaired) electrons. The van der Waals surface area contributed by atoms with Crippen LogP contribution in [0.1, 0.15) is 151 Å². The van der Waals surface area contributed by atoms with Gasteiger partial charge in [0.15, 0.2) is 0 Å². The lowest BCUT2D eigenvalue weighted by molar-refractivity contribution is 0.332. The maximum absolute atomic E-state index is 2.75. The van der Waals surface area contributed by atoms with Crippen molar-refractivity contribution in [1.29, 1.82) is 0 Å². The summed E-state index contributed by atoms with van der Waals surface area (Å²) in [6.07, 6.45) is 4.64. The Balaban J connectivity index is 1.35. The molecule has 4 aliphatic carbocycles. The molecule has 0 fully saturated rings. The number of fused-ring (bicyclic) bond motifs is 12. The highest BCUT2D eigenvalue weighted by Crippen LogP contribution is 2.65. The first-order valence-electron chi connectivity index (χ1n) is 23.7. The molecule has 11 rings (SSSR count). The van der Waals surface area contributed by atoms with Gasteiger partial charge in [0.2, 0.25) is 0 Å². The number of para-hydroxylation sites is 1. The van der Waals surface area contributed by atoms with Crippen molar-refractivity contribution < 1.29 is 0 Å². The van der Waals surface area contributed by atoms with E-state index in [1.807, 2.05) is 0 Å². The van der Waals surface area contributed by atoms with E-state index in [0.717, 1.165) is 12.8 Å². The zero-order chi connectivity index (χ0) is 43.8. The first kappa shape index (κ1) is 40.1. The molecule has 0 heterocycles. The Labute approximate surface area is 377 Å². The van der Waals surface area contributed by atoms with Crippen LogP contribution < -0.4 is 4.90 Å². The summed E-state index contributed by atoms with van der Waals surface area (Å²) in [5, 5.41) is 0. The van der Waals surface area contributed by atoms with Crippen molar-refractivity contribution in [3.05, 3.63) is 196 Å². The smallest absolute Gasteiger partial charge is 0.0726 e. The molecule has 0 aliphatic heterocycles. The standard InChI is InChI=1S/C62H63N/c1-39(2)41-31-32-52-56(61(9,10)36-34-59(52,5)6)57(41)63(40-21-12-11-13-22-40)54-38-53-46(37-47(54)45-26-20-30-51-55(45)60(7,8)35-33-58(51,3)4)44-25-16-19-29-50(44)62(53)48-27-17-14-23-42(48)43-24-15-18-28-49(43)62/h11-32,37-39H,33-36H2,1-10H3. The van der Waals surface area contributed by atoms with Gasteiger partial charge in [0.1, 0.15) is 0 Å². The lowest BCUT2D eigenvalue weighted by atomic mass is 9.61. The summed E-state index contributed by atoms with van der Waals surface area (Å²) in [5.74, 6) is 0.309. The molecular formula is C62H63N. The Morgan fingerprint density at radius 2 is 0.841 bits per heavy atom. The molecule has 0 aromatic heterocycles. The van der Waals surface area contributed by atoms with E-state index < -0.39 is 5.41 Å². The van der Waals surface area contributed by atoms with Crippen LogP contribution in [0, 0.1) is 0 Å². The van der Waals surface area contributed by atoms with Gasteiger partial charge in [0.25, 0.3) is 0 Å². The van der Waals surface area contributed by atoms with Crippen LogP contribution in [0.2, 0.25) is 0 Å². The monoisotopic (exact) mass is 821 g/mol. The van der Waals surface area contributed by atoms with Crippen molar-refractivity contribution in [1.82, 2.24) is 0 Å². The van der Waals surface area contributed by atoms with Crippen molar-refractivity contribution in [2.75, 3.05) is 4.90 Å². The Hall–Kier alpha value is -5.66. The second kappa shape index (κ2) is 13.7. The second-order valence-electron chi connectivity index (χ2n) is 22.3.